The molecule has 0 unspecified atom stereocenters. The van der Waals surface area contributed by atoms with Crippen molar-refractivity contribution in [1.82, 2.24) is 24.4 Å². The number of aromatic amines is 1. The van der Waals surface area contributed by atoms with Crippen LogP contribution in [-0.4, -0.2) is 36.9 Å². The zero-order valence-electron chi connectivity index (χ0n) is 13.8. The highest BCUT2D eigenvalue weighted by atomic mass is 16.2. The number of hydrogen-bond donors (Lipinski definition) is 2. The monoisotopic (exact) mass is 338 g/mol. The summed E-state index contributed by atoms with van der Waals surface area (Å²) in [4.78, 5) is 37.6. The average molecular weight is 338 g/mol. The van der Waals surface area contributed by atoms with Crippen LogP contribution in [-0.2, 0) is 17.8 Å². The van der Waals surface area contributed by atoms with Crippen LogP contribution in [0, 0.1) is 0 Å². The van der Waals surface area contributed by atoms with Crippen LogP contribution in [0.5, 0.6) is 0 Å². The van der Waals surface area contributed by atoms with Crippen LogP contribution in [0.4, 0.5) is 5.95 Å². The zero-order valence-corrected chi connectivity index (χ0v) is 13.8. The molecule has 3 aromatic rings. The molecule has 0 radical (unpaired) electrons. The third-order valence-electron chi connectivity index (χ3n) is 4.66. The number of rotatable bonds is 2. The van der Waals surface area contributed by atoms with Gasteiger partial charge in [-0.05, 0) is 25.5 Å². The molecule has 1 atom stereocenters. The van der Waals surface area contributed by atoms with Crippen LogP contribution >= 0.6 is 0 Å². The van der Waals surface area contributed by atoms with Crippen molar-refractivity contribution in [2.24, 2.45) is 0 Å². The predicted molar refractivity (Wildman–Crippen MR) is 92.8 cm³/mol. The number of para-hydroxylation sites is 2. The molecule has 0 spiro atoms. The summed E-state index contributed by atoms with van der Waals surface area (Å²) < 4.78 is 1.87. The molecular formula is C17H18N6O2. The molecule has 3 N–H and O–H groups in total. The number of aromatic nitrogens is 4. The van der Waals surface area contributed by atoms with E-state index in [1.807, 2.05) is 35.8 Å². The Kier molecular flexibility index (Phi) is 3.52. The van der Waals surface area contributed by atoms with Gasteiger partial charge >= 0.3 is 0 Å². The lowest BCUT2D eigenvalue weighted by Gasteiger charge is -2.30. The van der Waals surface area contributed by atoms with Gasteiger partial charge in [0.1, 0.15) is 6.04 Å². The van der Waals surface area contributed by atoms with Gasteiger partial charge in [0.2, 0.25) is 11.9 Å². The molecular weight excluding hydrogens is 320 g/mol. The van der Waals surface area contributed by atoms with Gasteiger partial charge in [0.25, 0.3) is 5.56 Å². The second-order valence-corrected chi connectivity index (χ2v) is 6.20. The number of benzene rings is 1. The van der Waals surface area contributed by atoms with Gasteiger partial charge in [0.05, 0.1) is 29.6 Å². The van der Waals surface area contributed by atoms with Crippen molar-refractivity contribution < 1.29 is 4.79 Å². The molecule has 0 saturated heterocycles. The number of amides is 1. The number of H-pyrrole nitrogens is 1. The Hall–Kier alpha value is -3.16. The van der Waals surface area contributed by atoms with Crippen molar-refractivity contribution in [1.29, 1.82) is 0 Å². The van der Waals surface area contributed by atoms with Crippen LogP contribution in [0.15, 0.2) is 35.4 Å². The van der Waals surface area contributed by atoms with Gasteiger partial charge in [0.15, 0.2) is 0 Å². The summed E-state index contributed by atoms with van der Waals surface area (Å²) in [5, 5.41) is 0. The van der Waals surface area contributed by atoms with E-state index in [1.165, 1.54) is 0 Å². The number of nitrogens with two attached hydrogens (primary N) is 1. The number of hydrogen-bond acceptors (Lipinski definition) is 5. The lowest BCUT2D eigenvalue weighted by Crippen LogP contribution is -2.42. The molecule has 1 aromatic carbocycles. The fraction of sp³-hybridized carbons (Fsp3) is 0.294. The van der Waals surface area contributed by atoms with Gasteiger partial charge in [-0.3, -0.25) is 14.6 Å². The Labute approximate surface area is 143 Å². The minimum atomic E-state index is -0.395. The first-order chi connectivity index (χ1) is 12.0. The molecule has 2 aromatic heterocycles. The predicted octanol–water partition coefficient (Wildman–Crippen LogP) is 0.848. The van der Waals surface area contributed by atoms with E-state index in [0.29, 0.717) is 30.8 Å². The quantitative estimate of drug-likeness (QED) is 0.720. The van der Waals surface area contributed by atoms with E-state index in [9.17, 15) is 9.59 Å². The second kappa shape index (κ2) is 5.73. The summed E-state index contributed by atoms with van der Waals surface area (Å²) in [7, 11) is 0. The molecule has 0 saturated carbocycles. The summed E-state index contributed by atoms with van der Waals surface area (Å²) in [6, 6.07) is 7.31. The van der Waals surface area contributed by atoms with Crippen molar-refractivity contribution in [3.8, 4) is 0 Å². The maximum absolute atomic E-state index is 13.0. The average Bonchev–Trinajstić information content (AvgIpc) is 3.04. The first-order valence-electron chi connectivity index (χ1n) is 8.12. The third kappa shape index (κ3) is 2.55. The topological polar surface area (TPSA) is 110 Å². The maximum atomic E-state index is 13.0. The number of nitrogens with one attached hydrogen (secondary N) is 1. The van der Waals surface area contributed by atoms with E-state index in [2.05, 4.69) is 15.0 Å². The van der Waals surface area contributed by atoms with Crippen LogP contribution < -0.4 is 11.3 Å². The molecule has 128 valence electrons. The number of anilines is 1. The van der Waals surface area contributed by atoms with Crippen molar-refractivity contribution in [3.05, 3.63) is 52.2 Å². The zero-order chi connectivity index (χ0) is 17.6. The first-order valence-corrected chi connectivity index (χ1v) is 8.12. The highest BCUT2D eigenvalue weighted by Gasteiger charge is 2.28. The van der Waals surface area contributed by atoms with Crippen LogP contribution in [0.3, 0.4) is 0 Å². The lowest BCUT2D eigenvalue weighted by atomic mass is 10.1. The summed E-state index contributed by atoms with van der Waals surface area (Å²) in [5.74, 6) is 0.0427. The van der Waals surface area contributed by atoms with Crippen molar-refractivity contribution in [2.45, 2.75) is 25.9 Å². The van der Waals surface area contributed by atoms with E-state index in [-0.39, 0.29) is 17.4 Å². The molecule has 1 amide bonds. The number of nitrogens with zero attached hydrogens (tertiary/aromatic N) is 4. The largest absolute Gasteiger partial charge is 0.369 e. The van der Waals surface area contributed by atoms with Crippen molar-refractivity contribution >= 4 is 22.9 Å². The van der Waals surface area contributed by atoms with Crippen LogP contribution in [0.1, 0.15) is 24.2 Å². The Morgan fingerprint density at radius 3 is 3.00 bits per heavy atom. The van der Waals surface area contributed by atoms with Gasteiger partial charge < -0.3 is 15.2 Å². The number of carbonyl (C=O) groups is 1. The smallest absolute Gasteiger partial charge is 0.255 e. The van der Waals surface area contributed by atoms with Crippen molar-refractivity contribution in [2.75, 3.05) is 12.3 Å². The Balaban J connectivity index is 1.62. The van der Waals surface area contributed by atoms with Crippen LogP contribution in [0.25, 0.3) is 11.0 Å². The van der Waals surface area contributed by atoms with Crippen molar-refractivity contribution in [3.63, 3.8) is 0 Å². The number of nitrogen functional groups attached to an aromatic ring is 1. The Morgan fingerprint density at radius 2 is 2.16 bits per heavy atom. The summed E-state index contributed by atoms with van der Waals surface area (Å²) in [6.07, 6.45) is 2.16. The first kappa shape index (κ1) is 15.4. The molecule has 4 rings (SSSR count). The molecule has 0 aliphatic carbocycles. The number of carbonyl (C=O) groups excluding carboxylic acids is 1. The fourth-order valence-corrected chi connectivity index (χ4v) is 3.32. The molecule has 25 heavy (non-hydrogen) atoms. The molecule has 8 heteroatoms. The highest BCUT2D eigenvalue weighted by molar-refractivity contribution is 5.83. The number of fused-ring (bicyclic) bond motifs is 2. The van der Waals surface area contributed by atoms with Gasteiger partial charge in [-0.15, -0.1) is 0 Å². The van der Waals surface area contributed by atoms with E-state index < -0.39 is 6.04 Å². The summed E-state index contributed by atoms with van der Waals surface area (Å²) >= 11 is 0. The van der Waals surface area contributed by atoms with E-state index >= 15 is 0 Å². The van der Waals surface area contributed by atoms with Gasteiger partial charge in [0, 0.05) is 12.1 Å². The molecule has 3 heterocycles. The van der Waals surface area contributed by atoms with E-state index in [0.717, 1.165) is 11.0 Å². The number of imidazole rings is 1. The highest BCUT2D eigenvalue weighted by Crippen LogP contribution is 2.22. The lowest BCUT2D eigenvalue weighted by molar-refractivity contribution is -0.135. The maximum Gasteiger partial charge on any atom is 0.255 e. The molecule has 1 aliphatic heterocycles. The molecule has 0 bridgehead atoms. The second-order valence-electron chi connectivity index (χ2n) is 6.20. The minimum absolute atomic E-state index is 0.0329. The fourth-order valence-electron chi connectivity index (χ4n) is 3.32. The van der Waals surface area contributed by atoms with E-state index in [1.54, 1.807) is 11.2 Å². The third-order valence-corrected chi connectivity index (χ3v) is 4.66. The van der Waals surface area contributed by atoms with Gasteiger partial charge in [-0.25, -0.2) is 9.97 Å². The standard InChI is InChI=1S/C17H18N6O2/c1-10(23-9-19-12-4-2-3-5-14(12)23)16(25)22-7-6-11-13(8-22)20-17(18)21-15(11)24/h2-5,9-10H,6-8H2,1H3,(H3,18,20,21,24)/t10-/m0/s1. The van der Waals surface area contributed by atoms with Gasteiger partial charge in [-0.2, -0.15) is 0 Å². The minimum Gasteiger partial charge on any atom is -0.369 e. The Bertz CT molecular complexity index is 1020. The van der Waals surface area contributed by atoms with E-state index in [4.69, 9.17) is 5.73 Å². The molecule has 8 nitrogen and oxygen atoms in total. The molecule has 1 aliphatic rings. The summed E-state index contributed by atoms with van der Waals surface area (Å²) in [5.41, 5.74) is 8.35. The molecule has 0 fully saturated rings. The van der Waals surface area contributed by atoms with Gasteiger partial charge in [-0.1, -0.05) is 12.1 Å². The van der Waals surface area contributed by atoms with Crippen LogP contribution in [0.2, 0.25) is 0 Å². The SMILES string of the molecule is C[C@@H](C(=O)N1CCc2c(nc(N)[nH]c2=O)C1)n1cnc2ccccc21. The summed E-state index contributed by atoms with van der Waals surface area (Å²) in [6.45, 7) is 2.63. The Morgan fingerprint density at radius 1 is 1.36 bits per heavy atom. The normalized spacial score (nSPS) is 15.2.